The molecule has 0 unspecified atom stereocenters. The Morgan fingerprint density at radius 2 is 1.85 bits per heavy atom. The van der Waals surface area contributed by atoms with Gasteiger partial charge in [0, 0.05) is 43.4 Å². The number of nitrogens with one attached hydrogen (secondary N) is 1. The van der Waals surface area contributed by atoms with Crippen molar-refractivity contribution >= 4 is 28.9 Å². The lowest BCUT2D eigenvalue weighted by Crippen LogP contribution is -2.46. The monoisotopic (exact) mass is 372 g/mol. The minimum absolute atomic E-state index is 0.101. The van der Waals surface area contributed by atoms with Gasteiger partial charge >= 0.3 is 0 Å². The van der Waals surface area contributed by atoms with E-state index in [9.17, 15) is 4.79 Å². The Labute approximate surface area is 160 Å². The van der Waals surface area contributed by atoms with Crippen LogP contribution in [0.1, 0.15) is 30.3 Å². The molecule has 6 heteroatoms. The summed E-state index contributed by atoms with van der Waals surface area (Å²) < 4.78 is 0. The number of carbonyl (C=O) groups excluding carboxylic acids is 1. The summed E-state index contributed by atoms with van der Waals surface area (Å²) in [5, 5.41) is 3.66. The van der Waals surface area contributed by atoms with Gasteiger partial charge in [0.2, 0.25) is 0 Å². The van der Waals surface area contributed by atoms with Gasteiger partial charge in [-0.3, -0.25) is 4.79 Å². The first-order valence-corrected chi connectivity index (χ1v) is 9.55. The van der Waals surface area contributed by atoms with E-state index in [-0.39, 0.29) is 5.91 Å². The van der Waals surface area contributed by atoms with Crippen LogP contribution in [0.25, 0.3) is 0 Å². The third kappa shape index (κ3) is 4.67. The number of hydrogen-bond acceptors (Lipinski definition) is 4. The van der Waals surface area contributed by atoms with Gasteiger partial charge in [0.1, 0.15) is 5.69 Å². The van der Waals surface area contributed by atoms with Crippen molar-refractivity contribution in [2.75, 3.05) is 42.5 Å². The van der Waals surface area contributed by atoms with E-state index in [0.717, 1.165) is 55.4 Å². The van der Waals surface area contributed by atoms with Crippen molar-refractivity contribution in [2.45, 2.75) is 19.8 Å². The van der Waals surface area contributed by atoms with E-state index in [1.807, 2.05) is 24.3 Å². The highest BCUT2D eigenvalue weighted by atomic mass is 35.5. The number of benzene rings is 1. The predicted molar refractivity (Wildman–Crippen MR) is 107 cm³/mol. The van der Waals surface area contributed by atoms with Gasteiger partial charge in [0.15, 0.2) is 0 Å². The summed E-state index contributed by atoms with van der Waals surface area (Å²) in [7, 11) is 0. The van der Waals surface area contributed by atoms with Crippen molar-refractivity contribution in [3.63, 3.8) is 0 Å². The average Bonchev–Trinajstić information content (AvgIpc) is 2.68. The number of anilines is 2. The van der Waals surface area contributed by atoms with Crippen molar-refractivity contribution in [3.8, 4) is 0 Å². The molecule has 0 bridgehead atoms. The van der Waals surface area contributed by atoms with Crippen LogP contribution in [0.2, 0.25) is 5.02 Å². The number of pyridine rings is 1. The summed E-state index contributed by atoms with van der Waals surface area (Å²) in [6.07, 6.45) is 3.85. The highest BCUT2D eigenvalue weighted by molar-refractivity contribution is 6.30. The molecular weight excluding hydrogens is 348 g/mol. The molecule has 0 aliphatic carbocycles. The minimum atomic E-state index is -0.101. The smallest absolute Gasteiger partial charge is 0.269 e. The van der Waals surface area contributed by atoms with Crippen molar-refractivity contribution in [1.82, 2.24) is 10.3 Å². The third-order valence-corrected chi connectivity index (χ3v) is 4.85. The van der Waals surface area contributed by atoms with Crippen molar-refractivity contribution in [1.29, 1.82) is 0 Å². The number of hydrogen-bond donors (Lipinski definition) is 1. The van der Waals surface area contributed by atoms with Crippen molar-refractivity contribution in [3.05, 3.63) is 53.3 Å². The maximum atomic E-state index is 12.0. The van der Waals surface area contributed by atoms with Crippen LogP contribution in [-0.4, -0.2) is 43.6 Å². The zero-order valence-electron chi connectivity index (χ0n) is 15.1. The molecule has 0 atom stereocenters. The lowest BCUT2D eigenvalue weighted by atomic mass is 10.2. The molecule has 1 N–H and O–H groups in total. The van der Waals surface area contributed by atoms with Crippen molar-refractivity contribution in [2.24, 2.45) is 0 Å². The summed E-state index contributed by atoms with van der Waals surface area (Å²) in [6, 6.07) is 11.8. The van der Waals surface area contributed by atoms with E-state index < -0.39 is 0 Å². The Morgan fingerprint density at radius 1 is 1.12 bits per heavy atom. The quantitative estimate of drug-likeness (QED) is 0.787. The van der Waals surface area contributed by atoms with Gasteiger partial charge in [-0.2, -0.15) is 0 Å². The van der Waals surface area contributed by atoms with Gasteiger partial charge in [-0.1, -0.05) is 31.0 Å². The molecule has 0 radical (unpaired) electrons. The van der Waals surface area contributed by atoms with Gasteiger partial charge in [-0.05, 0) is 36.8 Å². The summed E-state index contributed by atoms with van der Waals surface area (Å²) in [5.41, 5.74) is 2.69. The zero-order chi connectivity index (χ0) is 18.4. The molecule has 5 nitrogen and oxygen atoms in total. The second-order valence-electron chi connectivity index (χ2n) is 6.47. The lowest BCUT2D eigenvalue weighted by Gasteiger charge is -2.37. The first-order chi connectivity index (χ1) is 12.7. The molecule has 1 aliphatic rings. The van der Waals surface area contributed by atoms with Crippen LogP contribution in [0, 0.1) is 0 Å². The lowest BCUT2D eigenvalue weighted by molar-refractivity contribution is 0.0948. The van der Waals surface area contributed by atoms with Crippen LogP contribution in [0.5, 0.6) is 0 Å². The van der Waals surface area contributed by atoms with Crippen LogP contribution in [0.3, 0.4) is 0 Å². The molecule has 1 aliphatic heterocycles. The summed E-state index contributed by atoms with van der Waals surface area (Å²) >= 11 is 6.09. The van der Waals surface area contributed by atoms with E-state index in [4.69, 9.17) is 11.6 Å². The summed E-state index contributed by atoms with van der Waals surface area (Å²) in [4.78, 5) is 21.0. The fourth-order valence-corrected chi connectivity index (χ4v) is 3.26. The van der Waals surface area contributed by atoms with Gasteiger partial charge < -0.3 is 15.1 Å². The number of amides is 1. The Kier molecular flexibility index (Phi) is 6.34. The summed E-state index contributed by atoms with van der Waals surface area (Å²) in [5.74, 6) is -0.101. The van der Waals surface area contributed by atoms with Crippen molar-refractivity contribution < 1.29 is 4.79 Å². The highest BCUT2D eigenvalue weighted by Gasteiger charge is 2.18. The molecule has 3 rings (SSSR count). The molecule has 0 saturated carbocycles. The van der Waals surface area contributed by atoms with Gasteiger partial charge in [-0.25, -0.2) is 4.98 Å². The molecule has 1 aromatic carbocycles. The summed E-state index contributed by atoms with van der Waals surface area (Å²) in [6.45, 7) is 6.49. The van der Waals surface area contributed by atoms with E-state index in [0.29, 0.717) is 12.2 Å². The van der Waals surface area contributed by atoms with Crippen LogP contribution in [0.15, 0.2) is 42.6 Å². The Balaban J connectivity index is 1.55. The van der Waals surface area contributed by atoms with Crippen LogP contribution < -0.4 is 15.1 Å². The number of unbranched alkanes of at least 4 members (excludes halogenated alkanes) is 1. The molecule has 0 spiro atoms. The molecule has 26 heavy (non-hydrogen) atoms. The highest BCUT2D eigenvalue weighted by Crippen LogP contribution is 2.22. The maximum Gasteiger partial charge on any atom is 0.269 e. The van der Waals surface area contributed by atoms with Gasteiger partial charge in [-0.15, -0.1) is 0 Å². The molecule has 2 heterocycles. The Bertz CT molecular complexity index is 727. The average molecular weight is 373 g/mol. The second kappa shape index (κ2) is 8.90. The molecule has 1 fully saturated rings. The van der Waals surface area contributed by atoms with Crippen LogP contribution in [-0.2, 0) is 0 Å². The molecule has 1 amide bonds. The zero-order valence-corrected chi connectivity index (χ0v) is 15.9. The fourth-order valence-electron chi connectivity index (χ4n) is 3.07. The molecule has 1 saturated heterocycles. The number of carbonyl (C=O) groups is 1. The van der Waals surface area contributed by atoms with Gasteiger partial charge in [0.25, 0.3) is 5.91 Å². The SMILES string of the molecule is CCCCNC(=O)c1ccc(N2CCN(c3cccc(Cl)c3)CC2)cn1. The maximum absolute atomic E-state index is 12.0. The molecule has 2 aromatic rings. The van der Waals surface area contributed by atoms with E-state index in [1.165, 1.54) is 0 Å². The first kappa shape index (κ1) is 18.5. The molecule has 1 aromatic heterocycles. The Hall–Kier alpha value is -2.27. The normalized spacial score (nSPS) is 14.4. The van der Waals surface area contributed by atoms with Crippen LogP contribution >= 0.6 is 11.6 Å². The topological polar surface area (TPSA) is 48.5 Å². The minimum Gasteiger partial charge on any atom is -0.368 e. The van der Waals surface area contributed by atoms with Crippen LogP contribution in [0.4, 0.5) is 11.4 Å². The Morgan fingerprint density at radius 3 is 2.46 bits per heavy atom. The van der Waals surface area contributed by atoms with Gasteiger partial charge in [0.05, 0.1) is 11.9 Å². The molecule has 138 valence electrons. The number of aromatic nitrogens is 1. The largest absolute Gasteiger partial charge is 0.368 e. The second-order valence-corrected chi connectivity index (χ2v) is 6.90. The number of halogens is 1. The first-order valence-electron chi connectivity index (χ1n) is 9.17. The third-order valence-electron chi connectivity index (χ3n) is 4.61. The number of rotatable bonds is 6. The predicted octanol–water partition coefficient (Wildman–Crippen LogP) is 3.59. The standard InChI is InChI=1S/C20H25ClN4O/c1-2-3-9-22-20(26)19-8-7-18(15-23-19)25-12-10-24(11-13-25)17-6-4-5-16(21)14-17/h4-8,14-15H,2-3,9-13H2,1H3,(H,22,26). The van der Waals surface area contributed by atoms with E-state index in [1.54, 1.807) is 12.3 Å². The number of nitrogens with zero attached hydrogens (tertiary/aromatic N) is 3. The fraction of sp³-hybridized carbons (Fsp3) is 0.400. The van der Waals surface area contributed by atoms with E-state index >= 15 is 0 Å². The van der Waals surface area contributed by atoms with E-state index in [2.05, 4.69) is 33.1 Å². The molecular formula is C20H25ClN4O. The number of piperazine rings is 1.